The summed E-state index contributed by atoms with van der Waals surface area (Å²) < 4.78 is 5.40. The van der Waals surface area contributed by atoms with Crippen LogP contribution in [0.3, 0.4) is 0 Å². The Morgan fingerprint density at radius 2 is 2.00 bits per heavy atom. The molecule has 0 aromatic heterocycles. The lowest BCUT2D eigenvalue weighted by Crippen LogP contribution is -2.01. The van der Waals surface area contributed by atoms with Gasteiger partial charge >= 0.3 is 0 Å². The van der Waals surface area contributed by atoms with Crippen LogP contribution >= 0.6 is 0 Å². The molecular weight excluding hydrogens is 164 g/mol. The molecule has 0 saturated heterocycles. The zero-order valence-electron chi connectivity index (χ0n) is 8.16. The molecule has 1 atom stereocenters. The van der Waals surface area contributed by atoms with Crippen LogP contribution in [0.15, 0.2) is 24.3 Å². The van der Waals surface area contributed by atoms with Crippen LogP contribution in [0.1, 0.15) is 31.9 Å². The van der Waals surface area contributed by atoms with Crippen LogP contribution < -0.4 is 4.74 Å². The summed E-state index contributed by atoms with van der Waals surface area (Å²) >= 11 is 0. The highest BCUT2D eigenvalue weighted by molar-refractivity contribution is 5.34. The van der Waals surface area contributed by atoms with Crippen molar-refractivity contribution in [3.8, 4) is 5.75 Å². The molecule has 13 heavy (non-hydrogen) atoms. The maximum Gasteiger partial charge on any atom is 0.125 e. The van der Waals surface area contributed by atoms with Crippen LogP contribution in [0.5, 0.6) is 5.75 Å². The largest absolute Gasteiger partial charge is 0.493 e. The average Bonchev–Trinajstić information content (AvgIpc) is 2.18. The predicted molar refractivity (Wildman–Crippen MR) is 52.9 cm³/mol. The van der Waals surface area contributed by atoms with Crippen LogP contribution in [0, 0.1) is 0 Å². The molecule has 0 bridgehead atoms. The van der Waals surface area contributed by atoms with Crippen molar-refractivity contribution in [1.29, 1.82) is 0 Å². The van der Waals surface area contributed by atoms with Gasteiger partial charge in [-0.25, -0.2) is 0 Å². The standard InChI is InChI=1S/C11H16O2/c1-3-10(12)9-7-5-6-8-11(9)13-4-2/h5-8,10,12H,3-4H2,1-2H3. The summed E-state index contributed by atoms with van der Waals surface area (Å²) in [7, 11) is 0. The molecule has 2 heteroatoms. The van der Waals surface area contributed by atoms with Crippen molar-refractivity contribution in [3.63, 3.8) is 0 Å². The summed E-state index contributed by atoms with van der Waals surface area (Å²) in [6.07, 6.45) is 0.298. The first-order valence-corrected chi connectivity index (χ1v) is 4.69. The van der Waals surface area contributed by atoms with Gasteiger partial charge in [0.05, 0.1) is 12.7 Å². The van der Waals surface area contributed by atoms with Gasteiger partial charge in [0, 0.05) is 5.56 Å². The van der Waals surface area contributed by atoms with Crippen LogP contribution in [0.2, 0.25) is 0 Å². The Bertz CT molecular complexity index is 258. The molecule has 0 saturated carbocycles. The highest BCUT2D eigenvalue weighted by atomic mass is 16.5. The maximum absolute atomic E-state index is 9.66. The minimum Gasteiger partial charge on any atom is -0.493 e. The van der Waals surface area contributed by atoms with E-state index >= 15 is 0 Å². The van der Waals surface area contributed by atoms with Crippen molar-refractivity contribution in [3.05, 3.63) is 29.8 Å². The van der Waals surface area contributed by atoms with E-state index in [4.69, 9.17) is 4.74 Å². The summed E-state index contributed by atoms with van der Waals surface area (Å²) in [5.74, 6) is 0.791. The molecule has 0 fully saturated rings. The fraction of sp³-hybridized carbons (Fsp3) is 0.455. The molecule has 1 unspecified atom stereocenters. The fourth-order valence-electron chi connectivity index (χ4n) is 1.26. The van der Waals surface area contributed by atoms with Crippen molar-refractivity contribution in [1.82, 2.24) is 0 Å². The molecule has 0 aliphatic carbocycles. The highest BCUT2D eigenvalue weighted by Crippen LogP contribution is 2.26. The molecule has 0 radical (unpaired) electrons. The first kappa shape index (κ1) is 10.1. The quantitative estimate of drug-likeness (QED) is 0.771. The molecule has 0 aliphatic rings. The number of benzene rings is 1. The van der Waals surface area contributed by atoms with E-state index in [-0.39, 0.29) is 0 Å². The van der Waals surface area contributed by atoms with Gasteiger partial charge in [0.25, 0.3) is 0 Å². The van der Waals surface area contributed by atoms with Gasteiger partial charge < -0.3 is 9.84 Å². The number of hydrogen-bond acceptors (Lipinski definition) is 2. The zero-order valence-corrected chi connectivity index (χ0v) is 8.16. The van der Waals surface area contributed by atoms with E-state index in [1.54, 1.807) is 0 Å². The van der Waals surface area contributed by atoms with Crippen molar-refractivity contribution in [2.45, 2.75) is 26.4 Å². The first-order chi connectivity index (χ1) is 6.29. The maximum atomic E-state index is 9.66. The molecule has 1 aromatic carbocycles. The van der Waals surface area contributed by atoms with E-state index in [1.165, 1.54) is 0 Å². The van der Waals surface area contributed by atoms with Crippen molar-refractivity contribution >= 4 is 0 Å². The van der Waals surface area contributed by atoms with Crippen molar-refractivity contribution in [2.24, 2.45) is 0 Å². The molecule has 1 rings (SSSR count). The fourth-order valence-corrected chi connectivity index (χ4v) is 1.26. The van der Waals surface area contributed by atoms with E-state index in [0.29, 0.717) is 13.0 Å². The molecule has 0 aliphatic heterocycles. The number of rotatable bonds is 4. The lowest BCUT2D eigenvalue weighted by molar-refractivity contribution is 0.168. The Balaban J connectivity index is 2.90. The molecule has 1 N–H and O–H groups in total. The Morgan fingerprint density at radius 1 is 1.31 bits per heavy atom. The van der Waals surface area contributed by atoms with Crippen LogP contribution in [-0.4, -0.2) is 11.7 Å². The monoisotopic (exact) mass is 180 g/mol. The minimum atomic E-state index is -0.414. The lowest BCUT2D eigenvalue weighted by atomic mass is 10.1. The molecule has 0 spiro atoms. The molecule has 2 nitrogen and oxygen atoms in total. The number of para-hydroxylation sites is 1. The smallest absolute Gasteiger partial charge is 0.125 e. The Labute approximate surface area is 79.2 Å². The topological polar surface area (TPSA) is 29.5 Å². The molecule has 72 valence electrons. The van der Waals surface area contributed by atoms with Gasteiger partial charge in [-0.2, -0.15) is 0 Å². The Kier molecular flexibility index (Phi) is 3.77. The van der Waals surface area contributed by atoms with Gasteiger partial charge in [-0.15, -0.1) is 0 Å². The van der Waals surface area contributed by atoms with E-state index < -0.39 is 6.10 Å². The average molecular weight is 180 g/mol. The van der Waals surface area contributed by atoms with Crippen LogP contribution in [-0.2, 0) is 0 Å². The molecule has 0 amide bonds. The van der Waals surface area contributed by atoms with Gasteiger partial charge in [0.15, 0.2) is 0 Å². The van der Waals surface area contributed by atoms with E-state index in [2.05, 4.69) is 0 Å². The van der Waals surface area contributed by atoms with E-state index in [9.17, 15) is 5.11 Å². The molecular formula is C11H16O2. The van der Waals surface area contributed by atoms with Crippen LogP contribution in [0.4, 0.5) is 0 Å². The number of hydrogen-bond donors (Lipinski definition) is 1. The van der Waals surface area contributed by atoms with Crippen molar-refractivity contribution in [2.75, 3.05) is 6.61 Å². The second-order valence-corrected chi connectivity index (χ2v) is 2.89. The number of aliphatic hydroxyl groups is 1. The molecule has 1 aromatic rings. The minimum absolute atomic E-state index is 0.414. The predicted octanol–water partition coefficient (Wildman–Crippen LogP) is 2.53. The second kappa shape index (κ2) is 4.87. The van der Waals surface area contributed by atoms with Gasteiger partial charge in [0.1, 0.15) is 5.75 Å². The number of ether oxygens (including phenoxy) is 1. The summed E-state index contributed by atoms with van der Waals surface area (Å²) in [5.41, 5.74) is 0.881. The molecule has 0 heterocycles. The normalized spacial score (nSPS) is 12.5. The van der Waals surface area contributed by atoms with Gasteiger partial charge in [0.2, 0.25) is 0 Å². The van der Waals surface area contributed by atoms with E-state index in [0.717, 1.165) is 11.3 Å². The van der Waals surface area contributed by atoms with Crippen LogP contribution in [0.25, 0.3) is 0 Å². The lowest BCUT2D eigenvalue weighted by Gasteiger charge is -2.13. The summed E-state index contributed by atoms with van der Waals surface area (Å²) in [6, 6.07) is 7.62. The Hall–Kier alpha value is -1.02. The SMILES string of the molecule is CCOc1ccccc1C(O)CC. The zero-order chi connectivity index (χ0) is 9.68. The third kappa shape index (κ3) is 2.46. The van der Waals surface area contributed by atoms with Gasteiger partial charge in [-0.05, 0) is 19.4 Å². The second-order valence-electron chi connectivity index (χ2n) is 2.89. The Morgan fingerprint density at radius 3 is 2.62 bits per heavy atom. The highest BCUT2D eigenvalue weighted by Gasteiger charge is 2.09. The van der Waals surface area contributed by atoms with Gasteiger partial charge in [-0.1, -0.05) is 25.1 Å². The summed E-state index contributed by atoms with van der Waals surface area (Å²) in [4.78, 5) is 0. The van der Waals surface area contributed by atoms with Crippen molar-refractivity contribution < 1.29 is 9.84 Å². The number of aliphatic hydroxyl groups excluding tert-OH is 1. The first-order valence-electron chi connectivity index (χ1n) is 4.69. The third-order valence-electron chi connectivity index (χ3n) is 1.96. The van der Waals surface area contributed by atoms with Gasteiger partial charge in [-0.3, -0.25) is 0 Å². The summed E-state index contributed by atoms with van der Waals surface area (Å²) in [6.45, 7) is 4.52. The third-order valence-corrected chi connectivity index (χ3v) is 1.96. The summed E-state index contributed by atoms with van der Waals surface area (Å²) in [5, 5.41) is 9.66. The van der Waals surface area contributed by atoms with E-state index in [1.807, 2.05) is 38.1 Å².